The Balaban J connectivity index is 1.41. The van der Waals surface area contributed by atoms with Gasteiger partial charge in [0.15, 0.2) is 11.5 Å². The number of sulfonamides is 2. The number of nitrogens with zero attached hydrogens (tertiary/aromatic N) is 2. The van der Waals surface area contributed by atoms with Crippen LogP contribution in [0.3, 0.4) is 0 Å². The van der Waals surface area contributed by atoms with Crippen LogP contribution in [0.4, 0.5) is 5.69 Å². The number of carbonyl (C=O) groups excluding carboxylic acids is 1. The van der Waals surface area contributed by atoms with Crippen molar-refractivity contribution in [2.75, 3.05) is 274 Å². The average molecular weight is 1450 g/mol. The van der Waals surface area contributed by atoms with Gasteiger partial charge in [0.1, 0.15) is 13.1 Å². The van der Waals surface area contributed by atoms with Crippen molar-refractivity contribution in [1.82, 2.24) is 9.44 Å². The van der Waals surface area contributed by atoms with Gasteiger partial charge in [-0.2, -0.15) is 8.42 Å². The fourth-order valence-electron chi connectivity index (χ4n) is 9.22. The van der Waals surface area contributed by atoms with Gasteiger partial charge in [-0.25, -0.2) is 30.9 Å². The van der Waals surface area contributed by atoms with Crippen molar-refractivity contribution >= 4 is 58.9 Å². The molecule has 1 aromatic rings. The van der Waals surface area contributed by atoms with Crippen LogP contribution in [-0.2, 0) is 116 Å². The minimum Gasteiger partial charge on any atom is -0.874 e. The number of ketones is 1. The molecule has 3 rings (SSSR count). The lowest BCUT2D eigenvalue weighted by atomic mass is 9.71. The molecule has 0 aromatic heterocycles. The van der Waals surface area contributed by atoms with Crippen LogP contribution in [0, 0.1) is 11.8 Å². The number of methoxy groups -OCH3 is 2. The number of anilines is 1. The van der Waals surface area contributed by atoms with Gasteiger partial charge in [-0.3, -0.25) is 14.1 Å². The van der Waals surface area contributed by atoms with Crippen molar-refractivity contribution in [1.29, 1.82) is 0 Å². The van der Waals surface area contributed by atoms with Crippen LogP contribution in [0.2, 0.25) is 0 Å². The summed E-state index contributed by atoms with van der Waals surface area (Å²) in [5, 5.41) is 22.8. The summed E-state index contributed by atoms with van der Waals surface area (Å²) in [5.41, 5.74) is 1.65. The molecule has 1 unspecified atom stereocenters. The third-order valence-electron chi connectivity index (χ3n) is 14.1. The summed E-state index contributed by atoms with van der Waals surface area (Å²) in [7, 11) is -8.46. The SMILES string of the molecule is COCCOCCOCCOCCOCCOCCOCCOCCNS(=O)(=O)CCCN(CCCS(=O)(=O)NCCOCCOCCOCCOCCOCCOCCOCCOC)c1ccc(C2=C([O-])C(C3C=CC(=[N+](CCCC(=O)O)CCCS(=O)(=O)O)C=C3)C2=O)cc1. The predicted molar refractivity (Wildman–Crippen MR) is 357 cm³/mol. The lowest BCUT2D eigenvalue weighted by Gasteiger charge is -2.40. The first kappa shape index (κ1) is 87.2. The van der Waals surface area contributed by atoms with E-state index in [2.05, 4.69) is 9.44 Å². The number of hydrogen-bond acceptors (Lipinski definition) is 26. The van der Waals surface area contributed by atoms with E-state index < -0.39 is 53.7 Å². The molecule has 2 aliphatic rings. The Hall–Kier alpha value is -4.06. The molecule has 0 saturated heterocycles. The fraction of sp³-hybridized carbons (Fsp3) is 0.762. The third kappa shape index (κ3) is 44.7. The zero-order chi connectivity index (χ0) is 70.3. The highest BCUT2D eigenvalue weighted by Gasteiger charge is 2.38. The maximum atomic E-state index is 13.7. The second-order valence-electron chi connectivity index (χ2n) is 21.7. The van der Waals surface area contributed by atoms with Crippen LogP contribution < -0.4 is 19.5 Å². The van der Waals surface area contributed by atoms with Crippen LogP contribution in [0.5, 0.6) is 0 Å². The molecule has 0 amide bonds. The van der Waals surface area contributed by atoms with Crippen molar-refractivity contribution in [3.05, 3.63) is 59.9 Å². The first-order valence-electron chi connectivity index (χ1n) is 32.9. The highest BCUT2D eigenvalue weighted by molar-refractivity contribution is 7.89. The predicted octanol–water partition coefficient (Wildman–Crippen LogP) is 0.246. The molecule has 560 valence electrons. The monoisotopic (exact) mass is 1450 g/mol. The van der Waals surface area contributed by atoms with E-state index >= 15 is 0 Å². The molecule has 97 heavy (non-hydrogen) atoms. The number of ether oxygens (including phenoxy) is 16. The molecule has 0 fully saturated rings. The van der Waals surface area contributed by atoms with Gasteiger partial charge in [-0.05, 0) is 30.5 Å². The Bertz CT molecular complexity index is 2600. The summed E-state index contributed by atoms with van der Waals surface area (Å²) in [6.07, 6.45) is 7.39. The van der Waals surface area contributed by atoms with E-state index in [1.807, 2.05) is 4.90 Å². The maximum Gasteiger partial charge on any atom is 0.303 e. The van der Waals surface area contributed by atoms with Crippen molar-refractivity contribution in [2.45, 2.75) is 32.1 Å². The zero-order valence-electron chi connectivity index (χ0n) is 56.6. The molecule has 0 bridgehead atoms. The maximum absolute atomic E-state index is 13.7. The van der Waals surface area contributed by atoms with Crippen LogP contribution in [-0.4, -0.2) is 326 Å². The molecule has 4 N–H and O–H groups in total. The first-order valence-corrected chi connectivity index (χ1v) is 37.8. The molecule has 0 aliphatic heterocycles. The molecule has 0 radical (unpaired) electrons. The fourth-order valence-corrected chi connectivity index (χ4v) is 11.8. The van der Waals surface area contributed by atoms with Crippen molar-refractivity contribution in [2.24, 2.45) is 11.8 Å². The lowest BCUT2D eigenvalue weighted by Crippen LogP contribution is -2.41. The Morgan fingerprint density at radius 1 is 0.485 bits per heavy atom. The summed E-state index contributed by atoms with van der Waals surface area (Å²) >= 11 is 0. The van der Waals surface area contributed by atoms with Crippen LogP contribution in [0.25, 0.3) is 5.57 Å². The first-order chi connectivity index (χ1) is 47.0. The molecular weight excluding hydrogens is 1340 g/mol. The quantitative estimate of drug-likeness (QED) is 0.0386. The molecule has 31 nitrogen and oxygen atoms in total. The van der Waals surface area contributed by atoms with Crippen molar-refractivity contribution in [3.63, 3.8) is 0 Å². The van der Waals surface area contributed by atoms with E-state index in [4.69, 9.17) is 80.9 Å². The number of benzene rings is 1. The van der Waals surface area contributed by atoms with Gasteiger partial charge < -0.3 is 90.9 Å². The summed E-state index contributed by atoms with van der Waals surface area (Å²) < 4.78 is 178. The molecule has 1 aromatic carbocycles. The van der Waals surface area contributed by atoms with Crippen molar-refractivity contribution in [3.8, 4) is 0 Å². The Kier molecular flexibility index (Phi) is 50.0. The van der Waals surface area contributed by atoms with Gasteiger partial charge >= 0.3 is 5.97 Å². The summed E-state index contributed by atoms with van der Waals surface area (Å²) in [6, 6.07) is 6.64. The van der Waals surface area contributed by atoms with Crippen molar-refractivity contribution < 1.29 is 130 Å². The average Bonchev–Trinajstić information content (AvgIpc) is 0.761. The van der Waals surface area contributed by atoms with Gasteiger partial charge in [0.2, 0.25) is 20.0 Å². The number of rotatable bonds is 69. The second kappa shape index (κ2) is 55.6. The minimum atomic E-state index is -4.21. The molecule has 2 aliphatic carbocycles. The Morgan fingerprint density at radius 3 is 1.13 bits per heavy atom. The smallest absolute Gasteiger partial charge is 0.303 e. The second-order valence-corrected chi connectivity index (χ2v) is 27.1. The highest BCUT2D eigenvalue weighted by atomic mass is 32.2. The van der Waals surface area contributed by atoms with Gasteiger partial charge in [0, 0.05) is 88.5 Å². The van der Waals surface area contributed by atoms with Gasteiger partial charge in [0.25, 0.3) is 10.1 Å². The molecule has 0 spiro atoms. The number of Topliss-reactive ketones (excluding diaryl/α,β-unsaturated/α-hetero) is 1. The summed E-state index contributed by atoms with van der Waals surface area (Å²) in [5.74, 6) is -4.23. The normalized spacial score (nSPS) is 15.1. The summed E-state index contributed by atoms with van der Waals surface area (Å²) in [4.78, 5) is 26.7. The van der Waals surface area contributed by atoms with Gasteiger partial charge in [-0.15, -0.1) is 5.76 Å². The van der Waals surface area contributed by atoms with E-state index in [0.717, 1.165) is 0 Å². The molecule has 34 heteroatoms. The van der Waals surface area contributed by atoms with Crippen LogP contribution >= 0.6 is 0 Å². The summed E-state index contributed by atoms with van der Waals surface area (Å²) in [6.45, 7) is 13.0. The van der Waals surface area contributed by atoms with E-state index in [9.17, 15) is 44.5 Å². The molecular formula is C63H108N4O27S3. The Morgan fingerprint density at radius 2 is 0.814 bits per heavy atom. The third-order valence-corrected chi connectivity index (χ3v) is 17.8. The molecule has 0 heterocycles. The largest absolute Gasteiger partial charge is 0.874 e. The topological polar surface area (TPSA) is 378 Å². The standard InChI is InChI=1S/C63H108N4O27S3/c1-79-24-26-83-32-34-87-40-42-91-48-50-93-46-44-89-38-36-85-30-28-81-22-16-64-95(72,73)52-4-19-67(20-5-53-96(74,75)65-17-23-82-29-31-86-37-39-90-45-47-94-51-49-92-43-41-88-35-33-84-27-25-80-2)58-14-10-56(11-15-58)61-62(70)60(63(61)71)55-8-12-57(13-9-55)66(18-3-7-59(68)69)21-6-54-97(76,77)78/h8-15,55,60,64-65H,3-7,16-54H2,1-2H3,(H2-,68,69,70,71,76,77,78). The number of carbonyl (C=O) groups is 2. The van der Waals surface area contributed by atoms with Crippen LogP contribution in [0.1, 0.15) is 37.7 Å². The minimum absolute atomic E-state index is 0.0239. The number of aliphatic carboxylic acids is 1. The van der Waals surface area contributed by atoms with E-state index in [1.165, 1.54) is 0 Å². The lowest BCUT2D eigenvalue weighted by molar-refractivity contribution is -0.526. The van der Waals surface area contributed by atoms with E-state index in [-0.39, 0.29) is 140 Å². The van der Waals surface area contributed by atoms with E-state index in [1.54, 1.807) is 67.4 Å². The molecule has 0 saturated carbocycles. The van der Waals surface area contributed by atoms with Gasteiger partial charge in [0.05, 0.1) is 222 Å². The molecule has 1 atom stereocenters. The number of hydrogen-bond donors (Lipinski definition) is 4. The van der Waals surface area contributed by atoms with E-state index in [0.29, 0.717) is 176 Å². The van der Waals surface area contributed by atoms with Crippen LogP contribution in [0.15, 0.2) is 54.3 Å². The zero-order valence-corrected chi connectivity index (χ0v) is 59.1. The van der Waals surface area contributed by atoms with Gasteiger partial charge in [-0.1, -0.05) is 24.3 Å². The Labute approximate surface area is 573 Å². The number of carboxylic acids is 1. The number of carboxylic acid groups (broad SMARTS) is 1. The number of nitrogens with one attached hydrogen (secondary N) is 2. The highest BCUT2D eigenvalue weighted by Crippen LogP contribution is 2.41. The number of allylic oxidation sites excluding steroid dienone is 6.